The van der Waals surface area contributed by atoms with Crippen molar-refractivity contribution in [3.8, 4) is 5.75 Å². The molecule has 0 saturated carbocycles. The summed E-state index contributed by atoms with van der Waals surface area (Å²) in [6, 6.07) is 1.41. The van der Waals surface area contributed by atoms with Crippen molar-refractivity contribution in [2.45, 2.75) is 26.3 Å². The van der Waals surface area contributed by atoms with Gasteiger partial charge in [0.25, 0.3) is 0 Å². The quantitative estimate of drug-likeness (QED) is 0.355. The lowest BCUT2D eigenvalue weighted by atomic mass is 10.2. The fraction of sp³-hybridized carbons (Fsp3) is 0.333. The van der Waals surface area contributed by atoms with Gasteiger partial charge in [-0.05, 0) is 13.3 Å². The van der Waals surface area contributed by atoms with Gasteiger partial charge in [-0.15, -0.1) is 0 Å². The Morgan fingerprint density at radius 3 is 3.00 bits per heavy atom. The van der Waals surface area contributed by atoms with Gasteiger partial charge in [0, 0.05) is 12.5 Å². The summed E-state index contributed by atoms with van der Waals surface area (Å²) in [7, 11) is 0. The molecule has 1 N–H and O–H groups in total. The van der Waals surface area contributed by atoms with E-state index in [9.17, 15) is 9.90 Å². The number of esters is 1. The van der Waals surface area contributed by atoms with E-state index in [0.717, 1.165) is 19.4 Å². The Bertz CT molecular complexity index is 466. The van der Waals surface area contributed by atoms with Crippen molar-refractivity contribution in [3.05, 3.63) is 48.8 Å². The lowest BCUT2D eigenvalue weighted by molar-refractivity contribution is -0.697. The summed E-state index contributed by atoms with van der Waals surface area (Å²) in [5.74, 6) is -0.356. The lowest BCUT2D eigenvalue weighted by Gasteiger charge is -2.02. The molecule has 0 fully saturated rings. The molecule has 0 spiro atoms. The van der Waals surface area contributed by atoms with E-state index in [1.165, 1.54) is 6.07 Å². The van der Waals surface area contributed by atoms with Gasteiger partial charge in [-0.25, -0.2) is 9.36 Å². The van der Waals surface area contributed by atoms with E-state index in [-0.39, 0.29) is 5.75 Å². The molecule has 4 heteroatoms. The van der Waals surface area contributed by atoms with Crippen LogP contribution in [0.2, 0.25) is 0 Å². The fourth-order valence-corrected chi connectivity index (χ4v) is 1.66. The van der Waals surface area contributed by atoms with Crippen LogP contribution in [0.4, 0.5) is 0 Å². The molecule has 0 amide bonds. The van der Waals surface area contributed by atoms with Crippen LogP contribution in [0, 0.1) is 0 Å². The SMILES string of the molecule is C=C/C=C/CCC[n+]1cc(O)cc(C(=O)OCC)c1. The zero-order valence-electron chi connectivity index (χ0n) is 11.2. The molecular weight excluding hydrogens is 242 g/mol. The molecule has 4 nitrogen and oxygen atoms in total. The molecule has 0 bridgehead atoms. The topological polar surface area (TPSA) is 50.4 Å². The summed E-state index contributed by atoms with van der Waals surface area (Å²) >= 11 is 0. The number of hydrogen-bond acceptors (Lipinski definition) is 3. The predicted molar refractivity (Wildman–Crippen MR) is 72.8 cm³/mol. The number of carbonyl (C=O) groups is 1. The third kappa shape index (κ3) is 5.38. The van der Waals surface area contributed by atoms with Gasteiger partial charge < -0.3 is 9.84 Å². The van der Waals surface area contributed by atoms with Crippen molar-refractivity contribution >= 4 is 5.97 Å². The van der Waals surface area contributed by atoms with Crippen LogP contribution in [-0.4, -0.2) is 17.7 Å². The minimum atomic E-state index is -0.418. The standard InChI is InChI=1S/C15H19NO3/c1-3-5-6-7-8-9-16-11-13(10-14(17)12-16)15(18)19-4-2/h3,5-6,10-12H,1,4,7-9H2,2H3/p+1/b6-5+. The van der Waals surface area contributed by atoms with Crippen molar-refractivity contribution in [1.82, 2.24) is 0 Å². The highest BCUT2D eigenvalue weighted by Crippen LogP contribution is 2.09. The van der Waals surface area contributed by atoms with Gasteiger partial charge in [-0.3, -0.25) is 0 Å². The highest BCUT2D eigenvalue weighted by atomic mass is 16.5. The number of nitrogens with zero attached hydrogens (tertiary/aromatic N) is 1. The molecular formula is C15H20NO3+. The van der Waals surface area contributed by atoms with Gasteiger partial charge in [-0.2, -0.15) is 0 Å². The van der Waals surface area contributed by atoms with Gasteiger partial charge in [0.15, 0.2) is 11.9 Å². The van der Waals surface area contributed by atoms with E-state index in [2.05, 4.69) is 6.58 Å². The van der Waals surface area contributed by atoms with Gasteiger partial charge >= 0.3 is 5.97 Å². The molecule has 1 aromatic heterocycles. The second-order valence-corrected chi connectivity index (χ2v) is 4.05. The summed E-state index contributed by atoms with van der Waals surface area (Å²) in [5.41, 5.74) is 0.364. The average Bonchev–Trinajstić information content (AvgIpc) is 2.38. The van der Waals surface area contributed by atoms with Gasteiger partial charge in [0.1, 0.15) is 12.1 Å². The van der Waals surface area contributed by atoms with Crippen LogP contribution < -0.4 is 4.57 Å². The molecule has 0 aliphatic carbocycles. The Morgan fingerprint density at radius 2 is 2.32 bits per heavy atom. The second-order valence-electron chi connectivity index (χ2n) is 4.05. The van der Waals surface area contributed by atoms with Crippen LogP contribution >= 0.6 is 0 Å². The molecule has 1 heterocycles. The van der Waals surface area contributed by atoms with Crippen LogP contribution in [-0.2, 0) is 11.3 Å². The lowest BCUT2D eigenvalue weighted by Crippen LogP contribution is -2.34. The number of unbranched alkanes of at least 4 members (excludes halogenated alkanes) is 1. The van der Waals surface area contributed by atoms with Gasteiger partial charge in [-0.1, -0.05) is 24.8 Å². The van der Waals surface area contributed by atoms with Crippen molar-refractivity contribution in [3.63, 3.8) is 0 Å². The first-order valence-electron chi connectivity index (χ1n) is 6.35. The second kappa shape index (κ2) is 8.08. The number of carbonyl (C=O) groups excluding carboxylic acids is 1. The van der Waals surface area contributed by atoms with E-state index in [1.54, 1.807) is 30.0 Å². The summed E-state index contributed by atoms with van der Waals surface area (Å²) in [5, 5.41) is 9.60. The van der Waals surface area contributed by atoms with Crippen molar-refractivity contribution in [1.29, 1.82) is 0 Å². The molecule has 1 rings (SSSR count). The maximum atomic E-state index is 11.6. The number of pyridine rings is 1. The molecule has 102 valence electrons. The number of ether oxygens (including phenoxy) is 1. The minimum absolute atomic E-state index is 0.0622. The number of aromatic nitrogens is 1. The number of hydrogen-bond donors (Lipinski definition) is 1. The maximum absolute atomic E-state index is 11.6. The number of aromatic hydroxyl groups is 1. The van der Waals surface area contributed by atoms with E-state index in [1.807, 2.05) is 12.2 Å². The van der Waals surface area contributed by atoms with Gasteiger partial charge in [0.2, 0.25) is 6.20 Å². The smallest absolute Gasteiger partial charge is 0.344 e. The number of aryl methyl sites for hydroxylation is 1. The van der Waals surface area contributed by atoms with E-state index in [4.69, 9.17) is 4.74 Å². The fourth-order valence-electron chi connectivity index (χ4n) is 1.66. The Hall–Kier alpha value is -2.10. The van der Waals surface area contributed by atoms with Crippen LogP contribution in [0.1, 0.15) is 30.1 Å². The predicted octanol–water partition coefficient (Wildman–Crippen LogP) is 2.38. The molecule has 0 aliphatic rings. The summed E-state index contributed by atoms with van der Waals surface area (Å²) < 4.78 is 6.70. The van der Waals surface area contributed by atoms with Crippen molar-refractivity contribution in [2.24, 2.45) is 0 Å². The third-order valence-electron chi connectivity index (χ3n) is 2.48. The molecule has 1 aromatic rings. The molecule has 0 unspecified atom stereocenters. The minimum Gasteiger partial charge on any atom is -0.503 e. The van der Waals surface area contributed by atoms with Crippen LogP contribution in [0.15, 0.2) is 43.3 Å². The largest absolute Gasteiger partial charge is 0.503 e. The van der Waals surface area contributed by atoms with Crippen molar-refractivity contribution in [2.75, 3.05) is 6.61 Å². The summed E-state index contributed by atoms with van der Waals surface area (Å²) in [6.07, 6.45) is 10.8. The first kappa shape index (κ1) is 15.0. The third-order valence-corrected chi connectivity index (χ3v) is 2.48. The van der Waals surface area contributed by atoms with Crippen LogP contribution in [0.25, 0.3) is 0 Å². The highest BCUT2D eigenvalue weighted by molar-refractivity contribution is 5.89. The van der Waals surface area contributed by atoms with Crippen molar-refractivity contribution < 1.29 is 19.2 Å². The number of rotatable bonds is 7. The Morgan fingerprint density at radius 1 is 1.53 bits per heavy atom. The van der Waals surface area contributed by atoms with E-state index < -0.39 is 5.97 Å². The van der Waals surface area contributed by atoms with Gasteiger partial charge in [0.05, 0.1) is 6.61 Å². The number of allylic oxidation sites excluding steroid dienone is 3. The molecule has 0 aromatic carbocycles. The van der Waals surface area contributed by atoms with E-state index in [0.29, 0.717) is 12.2 Å². The Labute approximate surface area is 113 Å². The molecule has 0 aliphatic heterocycles. The monoisotopic (exact) mass is 262 g/mol. The maximum Gasteiger partial charge on any atom is 0.344 e. The first-order chi connectivity index (χ1) is 9.17. The molecule has 0 radical (unpaired) electrons. The Kier molecular flexibility index (Phi) is 6.36. The average molecular weight is 262 g/mol. The first-order valence-corrected chi connectivity index (χ1v) is 6.35. The summed E-state index contributed by atoms with van der Waals surface area (Å²) in [4.78, 5) is 11.6. The van der Waals surface area contributed by atoms with Crippen LogP contribution in [0.5, 0.6) is 5.75 Å². The molecule has 0 saturated heterocycles. The normalized spacial score (nSPS) is 10.6. The van der Waals surface area contributed by atoms with Crippen LogP contribution in [0.3, 0.4) is 0 Å². The summed E-state index contributed by atoms with van der Waals surface area (Å²) in [6.45, 7) is 6.40. The Balaban J connectivity index is 2.65. The molecule has 0 atom stereocenters. The zero-order chi connectivity index (χ0) is 14.1. The van der Waals surface area contributed by atoms with E-state index >= 15 is 0 Å². The highest BCUT2D eigenvalue weighted by Gasteiger charge is 2.14. The zero-order valence-corrected chi connectivity index (χ0v) is 11.2. The molecule has 19 heavy (non-hydrogen) atoms.